The number of fused-ring (bicyclic) bond motifs is 4. The smallest absolute Gasteiger partial charge is 0.335 e. The van der Waals surface area contributed by atoms with Gasteiger partial charge in [0.05, 0.1) is 35.0 Å². The molecule has 302 valence electrons. The van der Waals surface area contributed by atoms with Gasteiger partial charge >= 0.3 is 5.97 Å². The molecule has 4 aromatic carbocycles. The number of anilines is 1. The number of carboxylic acid groups (broad SMARTS) is 1. The van der Waals surface area contributed by atoms with Crippen LogP contribution in [0.2, 0.25) is 10.0 Å². The van der Waals surface area contributed by atoms with Crippen molar-refractivity contribution in [1.82, 2.24) is 19.1 Å². The van der Waals surface area contributed by atoms with Gasteiger partial charge in [0.25, 0.3) is 5.91 Å². The monoisotopic (exact) mass is 829 g/mol. The average Bonchev–Trinajstić information content (AvgIpc) is 3.72. The van der Waals surface area contributed by atoms with Crippen LogP contribution in [0.4, 0.5) is 5.69 Å². The van der Waals surface area contributed by atoms with E-state index in [-0.39, 0.29) is 24.1 Å². The number of ether oxygens (including phenoxy) is 2. The number of carbonyl (C=O) groups is 2. The van der Waals surface area contributed by atoms with Gasteiger partial charge in [0.2, 0.25) is 0 Å². The Kier molecular flexibility index (Phi) is 11.0. The Morgan fingerprint density at radius 2 is 1.61 bits per heavy atom. The standard InChI is InChI=1S/C47H45Cl2N5O5/c1-26-19-33(20-27(2)43(26)49)59-18-10-13-34-35-15-16-37(48)42(41-29(4)50-40(51-30(41)5)25-58-24-31-11-8-7-9-12-31)44(35)54-28(3)22-53(46(55)45(34)54)39-23-52(6)38-17-14-32(47(56)57)21-36(38)39/h7-9,11-12,14-17,19-21,23,28H,10,13,18,22,24-25H2,1-6H3,(H,56,57). The average molecular weight is 831 g/mol. The molecule has 10 nitrogen and oxygen atoms in total. The number of benzene rings is 4. The van der Waals surface area contributed by atoms with Crippen molar-refractivity contribution >= 4 is 62.6 Å². The second kappa shape index (κ2) is 16.2. The van der Waals surface area contributed by atoms with Gasteiger partial charge < -0.3 is 28.6 Å². The molecule has 0 aliphatic carbocycles. The van der Waals surface area contributed by atoms with Gasteiger partial charge in [-0.2, -0.15) is 0 Å². The number of aromatic carboxylic acids is 1. The minimum absolute atomic E-state index is 0.157. The van der Waals surface area contributed by atoms with Crippen molar-refractivity contribution in [3.05, 3.63) is 140 Å². The van der Waals surface area contributed by atoms with Gasteiger partial charge in [-0.25, -0.2) is 14.8 Å². The highest BCUT2D eigenvalue weighted by molar-refractivity contribution is 6.35. The van der Waals surface area contributed by atoms with Gasteiger partial charge in [0.15, 0.2) is 5.82 Å². The number of aromatic nitrogens is 4. The van der Waals surface area contributed by atoms with Crippen LogP contribution in [0.3, 0.4) is 0 Å². The molecule has 12 heteroatoms. The third-order valence-electron chi connectivity index (χ3n) is 11.2. The summed E-state index contributed by atoms with van der Waals surface area (Å²) in [5, 5.41) is 12.7. The van der Waals surface area contributed by atoms with Crippen LogP contribution in [0.5, 0.6) is 5.75 Å². The highest BCUT2D eigenvalue weighted by atomic mass is 35.5. The number of amides is 1. The van der Waals surface area contributed by atoms with E-state index in [1.807, 2.05) is 100 Å². The van der Waals surface area contributed by atoms with Gasteiger partial charge in [-0.1, -0.05) is 59.6 Å². The lowest BCUT2D eigenvalue weighted by Gasteiger charge is -2.34. The first-order valence-corrected chi connectivity index (χ1v) is 20.4. The van der Waals surface area contributed by atoms with E-state index in [4.69, 9.17) is 42.6 Å². The fraction of sp³-hybridized carbons (Fsp3) is 0.277. The van der Waals surface area contributed by atoms with Gasteiger partial charge in [-0.3, -0.25) is 4.79 Å². The number of carboxylic acids is 1. The zero-order valence-corrected chi connectivity index (χ0v) is 35.4. The van der Waals surface area contributed by atoms with Crippen molar-refractivity contribution in [3.63, 3.8) is 0 Å². The number of nitrogens with zero attached hydrogens (tertiary/aromatic N) is 5. The maximum Gasteiger partial charge on any atom is 0.335 e. The number of rotatable bonds is 12. The van der Waals surface area contributed by atoms with Crippen LogP contribution < -0.4 is 9.64 Å². The van der Waals surface area contributed by atoms with E-state index in [0.717, 1.165) is 72.0 Å². The second-order valence-corrected chi connectivity index (χ2v) is 16.2. The molecule has 1 amide bonds. The molecule has 1 atom stereocenters. The van der Waals surface area contributed by atoms with Crippen molar-refractivity contribution < 1.29 is 24.2 Å². The molecule has 0 bridgehead atoms. The molecule has 59 heavy (non-hydrogen) atoms. The fourth-order valence-electron chi connectivity index (χ4n) is 8.57. The van der Waals surface area contributed by atoms with Gasteiger partial charge in [-0.05, 0) is 106 Å². The number of aryl methyl sites for hydroxylation is 6. The van der Waals surface area contributed by atoms with Gasteiger partial charge in [-0.15, -0.1) is 0 Å². The Hall–Kier alpha value is -5.68. The third-order valence-corrected chi connectivity index (χ3v) is 12.1. The summed E-state index contributed by atoms with van der Waals surface area (Å²) in [5.41, 5.74) is 10.0. The lowest BCUT2D eigenvalue weighted by molar-refractivity contribution is 0.0696. The predicted octanol–water partition coefficient (Wildman–Crippen LogP) is 10.8. The summed E-state index contributed by atoms with van der Waals surface area (Å²) < 4.78 is 16.3. The van der Waals surface area contributed by atoms with Crippen LogP contribution >= 0.6 is 23.2 Å². The van der Waals surface area contributed by atoms with E-state index in [9.17, 15) is 9.90 Å². The molecule has 0 fully saturated rings. The van der Waals surface area contributed by atoms with E-state index >= 15 is 4.79 Å². The number of hydrogen-bond donors (Lipinski definition) is 1. The molecule has 0 saturated heterocycles. The zero-order valence-electron chi connectivity index (χ0n) is 33.9. The van der Waals surface area contributed by atoms with Crippen LogP contribution in [-0.2, 0) is 31.4 Å². The number of halogens is 2. The normalized spacial score (nSPS) is 14.1. The van der Waals surface area contributed by atoms with Gasteiger partial charge in [0, 0.05) is 69.7 Å². The first kappa shape index (κ1) is 40.1. The van der Waals surface area contributed by atoms with E-state index in [1.165, 1.54) is 0 Å². The highest BCUT2D eigenvalue weighted by Gasteiger charge is 2.37. The molecule has 8 rings (SSSR count). The minimum Gasteiger partial charge on any atom is -0.494 e. The van der Waals surface area contributed by atoms with Crippen LogP contribution in [0.15, 0.2) is 79.0 Å². The lowest BCUT2D eigenvalue weighted by Crippen LogP contribution is -2.42. The Bertz CT molecular complexity index is 2750. The number of hydrogen-bond acceptors (Lipinski definition) is 6. The Labute approximate surface area is 352 Å². The van der Waals surface area contributed by atoms with Crippen LogP contribution in [0.25, 0.3) is 32.9 Å². The lowest BCUT2D eigenvalue weighted by atomic mass is 9.97. The Morgan fingerprint density at radius 1 is 0.898 bits per heavy atom. The topological polar surface area (TPSA) is 112 Å². The van der Waals surface area contributed by atoms with Crippen molar-refractivity contribution in [2.75, 3.05) is 18.1 Å². The maximum absolute atomic E-state index is 15.2. The van der Waals surface area contributed by atoms with Crippen molar-refractivity contribution in [2.45, 2.75) is 66.7 Å². The maximum atomic E-state index is 15.2. The first-order chi connectivity index (χ1) is 28.3. The molecule has 0 spiro atoms. The fourth-order valence-corrected chi connectivity index (χ4v) is 8.92. The molecule has 0 saturated carbocycles. The molecule has 4 heterocycles. The molecular formula is C47H45Cl2N5O5. The molecule has 1 aliphatic rings. The summed E-state index contributed by atoms with van der Waals surface area (Å²) in [5.74, 6) is 0.118. The van der Waals surface area contributed by atoms with Crippen LogP contribution in [-0.4, -0.2) is 49.2 Å². The molecule has 1 unspecified atom stereocenters. The summed E-state index contributed by atoms with van der Waals surface area (Å²) in [7, 11) is 1.90. The number of carbonyl (C=O) groups excluding carboxylic acids is 1. The molecular weight excluding hydrogens is 785 g/mol. The summed E-state index contributed by atoms with van der Waals surface area (Å²) in [6.07, 6.45) is 3.07. The minimum atomic E-state index is -1.03. The largest absolute Gasteiger partial charge is 0.494 e. The summed E-state index contributed by atoms with van der Waals surface area (Å²) >= 11 is 13.6. The highest BCUT2D eigenvalue weighted by Crippen LogP contribution is 2.45. The third kappa shape index (κ3) is 7.45. The van der Waals surface area contributed by atoms with Crippen molar-refractivity contribution in [2.24, 2.45) is 7.05 Å². The van der Waals surface area contributed by atoms with E-state index in [0.29, 0.717) is 60.2 Å². The quantitative estimate of drug-likeness (QED) is 0.122. The Balaban J connectivity index is 1.22. The molecule has 1 aliphatic heterocycles. The summed E-state index contributed by atoms with van der Waals surface area (Å²) in [6, 6.07) is 22.6. The molecule has 3 aromatic heterocycles. The summed E-state index contributed by atoms with van der Waals surface area (Å²) in [4.78, 5) is 38.8. The molecule has 7 aromatic rings. The van der Waals surface area contributed by atoms with Gasteiger partial charge in [0.1, 0.15) is 18.1 Å². The first-order valence-electron chi connectivity index (χ1n) is 19.7. The van der Waals surface area contributed by atoms with Crippen LogP contribution in [0.1, 0.15) is 79.7 Å². The molecule has 0 radical (unpaired) electrons. The van der Waals surface area contributed by atoms with E-state index in [2.05, 4.69) is 11.5 Å². The Morgan fingerprint density at radius 3 is 2.31 bits per heavy atom. The van der Waals surface area contributed by atoms with Crippen molar-refractivity contribution in [1.29, 1.82) is 0 Å². The van der Waals surface area contributed by atoms with Crippen LogP contribution in [0, 0.1) is 27.7 Å². The van der Waals surface area contributed by atoms with Crippen molar-refractivity contribution in [3.8, 4) is 16.9 Å². The van der Waals surface area contributed by atoms with E-state index in [1.54, 1.807) is 23.1 Å². The summed E-state index contributed by atoms with van der Waals surface area (Å²) in [6.45, 7) is 11.4. The van der Waals surface area contributed by atoms with E-state index < -0.39 is 5.97 Å². The molecule has 1 N–H and O–H groups in total. The second-order valence-electron chi connectivity index (χ2n) is 15.4. The predicted molar refractivity (Wildman–Crippen MR) is 233 cm³/mol. The SMILES string of the molecule is Cc1cc(OCCCc2c3n(c4c(-c5c(C)nc(COCc6ccccc6)nc5C)c(Cl)ccc24)C(C)CN(c2cn(C)c4ccc(C(=O)O)cc24)C3=O)cc(C)c1Cl. The zero-order chi connectivity index (χ0) is 41.7.